The number of rotatable bonds is 14. The molecule has 0 unspecified atom stereocenters. The van der Waals surface area contributed by atoms with Crippen molar-refractivity contribution in [2.45, 2.75) is 37.2 Å². The summed E-state index contributed by atoms with van der Waals surface area (Å²) < 4.78 is 34.5. The largest absolute Gasteiger partial charge is 0.497 e. The molecule has 0 fully saturated rings. The van der Waals surface area contributed by atoms with E-state index in [1.165, 1.54) is 42.3 Å². The van der Waals surface area contributed by atoms with Crippen molar-refractivity contribution in [3.8, 4) is 5.75 Å². The van der Waals surface area contributed by atoms with Crippen LogP contribution < -0.4 is 14.4 Å². The standard InChI is InChI=1S/C34H34Cl3N3O5S/c1-3-19-38-34(42)32(20-24-9-5-4-6-10-24)39(22-29-30(36)13-8-14-31(29)37)33(41)23-40(26-12-7-11-25(35)21-26)46(43,44)28-17-15-27(45-2)16-18-28/h4-18,21,32H,3,19-20,22-23H2,1-2H3,(H,38,42)/t32-/m1/s1. The zero-order valence-electron chi connectivity index (χ0n) is 25.3. The Balaban J connectivity index is 1.83. The van der Waals surface area contributed by atoms with Crippen LogP contribution in [-0.4, -0.2) is 51.4 Å². The van der Waals surface area contributed by atoms with Crippen molar-refractivity contribution in [2.24, 2.45) is 0 Å². The lowest BCUT2D eigenvalue weighted by Crippen LogP contribution is -2.53. The van der Waals surface area contributed by atoms with Crippen LogP contribution >= 0.6 is 34.8 Å². The molecule has 1 atom stereocenters. The molecule has 0 saturated heterocycles. The Bertz CT molecular complexity index is 1740. The normalized spacial score (nSPS) is 11.8. The van der Waals surface area contributed by atoms with Gasteiger partial charge in [-0.2, -0.15) is 0 Å². The molecule has 46 heavy (non-hydrogen) atoms. The van der Waals surface area contributed by atoms with Crippen LogP contribution in [0.25, 0.3) is 0 Å². The fourth-order valence-electron chi connectivity index (χ4n) is 4.81. The molecule has 0 aliphatic heterocycles. The van der Waals surface area contributed by atoms with E-state index in [1.807, 2.05) is 37.3 Å². The van der Waals surface area contributed by atoms with Gasteiger partial charge in [0, 0.05) is 40.1 Å². The summed E-state index contributed by atoms with van der Waals surface area (Å²) in [5.41, 5.74) is 1.40. The topological polar surface area (TPSA) is 96.0 Å². The average molecular weight is 703 g/mol. The van der Waals surface area contributed by atoms with Gasteiger partial charge < -0.3 is 15.0 Å². The third-order valence-corrected chi connectivity index (χ3v) is 9.96. The number of anilines is 1. The lowest BCUT2D eigenvalue weighted by Gasteiger charge is -2.34. The van der Waals surface area contributed by atoms with Crippen molar-refractivity contribution in [2.75, 3.05) is 24.5 Å². The summed E-state index contributed by atoms with van der Waals surface area (Å²) in [6.45, 7) is 1.51. The molecular weight excluding hydrogens is 669 g/mol. The summed E-state index contributed by atoms with van der Waals surface area (Å²) in [6, 6.07) is 25.2. The van der Waals surface area contributed by atoms with E-state index >= 15 is 0 Å². The van der Waals surface area contributed by atoms with Crippen molar-refractivity contribution >= 4 is 62.3 Å². The third-order valence-electron chi connectivity index (χ3n) is 7.23. The summed E-state index contributed by atoms with van der Waals surface area (Å²) in [6.07, 6.45) is 0.837. The van der Waals surface area contributed by atoms with E-state index < -0.39 is 34.4 Å². The molecule has 12 heteroatoms. The van der Waals surface area contributed by atoms with Crippen LogP contribution in [0.5, 0.6) is 5.75 Å². The Morgan fingerprint density at radius 2 is 1.52 bits per heavy atom. The van der Waals surface area contributed by atoms with Gasteiger partial charge in [0.2, 0.25) is 11.8 Å². The van der Waals surface area contributed by atoms with Gasteiger partial charge in [-0.1, -0.05) is 84.2 Å². The van der Waals surface area contributed by atoms with Crippen molar-refractivity contribution in [1.82, 2.24) is 10.2 Å². The van der Waals surface area contributed by atoms with Gasteiger partial charge in [0.25, 0.3) is 10.0 Å². The number of nitrogens with one attached hydrogen (secondary N) is 1. The van der Waals surface area contributed by atoms with Crippen molar-refractivity contribution in [3.05, 3.63) is 123 Å². The molecule has 0 aliphatic rings. The smallest absolute Gasteiger partial charge is 0.264 e. The second-order valence-electron chi connectivity index (χ2n) is 10.4. The predicted octanol–water partition coefficient (Wildman–Crippen LogP) is 7.02. The first kappa shape index (κ1) is 35.1. The minimum Gasteiger partial charge on any atom is -0.497 e. The Morgan fingerprint density at radius 1 is 0.870 bits per heavy atom. The van der Waals surface area contributed by atoms with E-state index in [0.29, 0.717) is 34.3 Å². The average Bonchev–Trinajstić information content (AvgIpc) is 3.05. The second kappa shape index (κ2) is 16.2. The molecule has 0 heterocycles. The van der Waals surface area contributed by atoms with Gasteiger partial charge in [-0.3, -0.25) is 13.9 Å². The number of halogens is 3. The number of methoxy groups -OCH3 is 1. The first-order valence-corrected chi connectivity index (χ1v) is 17.1. The minimum atomic E-state index is -4.31. The van der Waals surface area contributed by atoms with E-state index in [9.17, 15) is 18.0 Å². The molecule has 0 saturated carbocycles. The fraction of sp³-hybridized carbons (Fsp3) is 0.235. The maximum absolute atomic E-state index is 14.5. The Kier molecular flexibility index (Phi) is 12.3. The number of carbonyl (C=O) groups is 2. The maximum atomic E-state index is 14.5. The molecule has 0 aliphatic carbocycles. The first-order valence-electron chi connectivity index (χ1n) is 14.5. The second-order valence-corrected chi connectivity index (χ2v) is 13.5. The number of benzene rings is 4. The van der Waals surface area contributed by atoms with Crippen molar-refractivity contribution < 1.29 is 22.7 Å². The van der Waals surface area contributed by atoms with Crippen LogP contribution in [-0.2, 0) is 32.6 Å². The molecular formula is C34H34Cl3N3O5S. The summed E-state index contributed by atoms with van der Waals surface area (Å²) in [7, 11) is -2.84. The minimum absolute atomic E-state index is 0.0664. The van der Waals surface area contributed by atoms with Gasteiger partial charge in [-0.15, -0.1) is 0 Å². The lowest BCUT2D eigenvalue weighted by molar-refractivity contribution is -0.140. The van der Waals surface area contributed by atoms with Crippen LogP contribution in [0, 0.1) is 0 Å². The van der Waals surface area contributed by atoms with E-state index in [0.717, 1.165) is 9.87 Å². The van der Waals surface area contributed by atoms with Crippen LogP contribution in [0.4, 0.5) is 5.69 Å². The Morgan fingerprint density at radius 3 is 2.13 bits per heavy atom. The Labute approximate surface area is 284 Å². The number of hydrogen-bond acceptors (Lipinski definition) is 5. The highest BCUT2D eigenvalue weighted by Crippen LogP contribution is 2.30. The van der Waals surface area contributed by atoms with Gasteiger partial charge in [0.15, 0.2) is 0 Å². The molecule has 0 aromatic heterocycles. The number of hydrogen-bond donors (Lipinski definition) is 1. The van der Waals surface area contributed by atoms with E-state index in [-0.39, 0.29) is 28.6 Å². The molecule has 4 rings (SSSR count). The zero-order chi connectivity index (χ0) is 33.3. The molecule has 242 valence electrons. The molecule has 2 amide bonds. The molecule has 0 radical (unpaired) electrons. The zero-order valence-corrected chi connectivity index (χ0v) is 28.4. The first-order chi connectivity index (χ1) is 22.0. The van der Waals surface area contributed by atoms with Gasteiger partial charge in [-0.05, 0) is 66.6 Å². The number of carbonyl (C=O) groups excluding carboxylic acids is 2. The molecule has 4 aromatic carbocycles. The fourth-order valence-corrected chi connectivity index (χ4v) is 6.92. The van der Waals surface area contributed by atoms with Crippen molar-refractivity contribution in [3.63, 3.8) is 0 Å². The third kappa shape index (κ3) is 8.73. The summed E-state index contributed by atoms with van der Waals surface area (Å²) in [5.74, 6) is -0.579. The number of nitrogens with zero attached hydrogens (tertiary/aromatic N) is 2. The SMILES string of the molecule is CCCNC(=O)[C@@H](Cc1ccccc1)N(Cc1c(Cl)cccc1Cl)C(=O)CN(c1cccc(Cl)c1)S(=O)(=O)c1ccc(OC)cc1. The quantitative estimate of drug-likeness (QED) is 0.153. The highest BCUT2D eigenvalue weighted by atomic mass is 35.5. The number of amides is 2. The van der Waals surface area contributed by atoms with Gasteiger partial charge in [0.05, 0.1) is 17.7 Å². The van der Waals surface area contributed by atoms with E-state index in [2.05, 4.69) is 5.32 Å². The van der Waals surface area contributed by atoms with Gasteiger partial charge >= 0.3 is 0 Å². The Hall–Kier alpha value is -3.76. The van der Waals surface area contributed by atoms with Crippen LogP contribution in [0.3, 0.4) is 0 Å². The number of sulfonamides is 1. The van der Waals surface area contributed by atoms with E-state index in [4.69, 9.17) is 39.5 Å². The summed E-state index contributed by atoms with van der Waals surface area (Å²) in [5, 5.41) is 3.78. The monoisotopic (exact) mass is 701 g/mol. The van der Waals surface area contributed by atoms with Gasteiger partial charge in [-0.25, -0.2) is 8.42 Å². The molecule has 0 bridgehead atoms. The van der Waals surface area contributed by atoms with Crippen LogP contribution in [0.1, 0.15) is 24.5 Å². The van der Waals surface area contributed by atoms with E-state index in [1.54, 1.807) is 36.4 Å². The highest BCUT2D eigenvalue weighted by Gasteiger charge is 2.35. The molecule has 0 spiro atoms. The summed E-state index contributed by atoms with van der Waals surface area (Å²) >= 11 is 19.4. The molecule has 8 nitrogen and oxygen atoms in total. The van der Waals surface area contributed by atoms with Gasteiger partial charge in [0.1, 0.15) is 18.3 Å². The van der Waals surface area contributed by atoms with Crippen LogP contribution in [0.2, 0.25) is 15.1 Å². The highest BCUT2D eigenvalue weighted by molar-refractivity contribution is 7.92. The maximum Gasteiger partial charge on any atom is 0.264 e. The lowest BCUT2D eigenvalue weighted by atomic mass is 10.0. The van der Waals surface area contributed by atoms with Crippen LogP contribution in [0.15, 0.2) is 102 Å². The molecule has 1 N–H and O–H groups in total. The molecule has 4 aromatic rings. The predicted molar refractivity (Wildman–Crippen MR) is 183 cm³/mol. The number of ether oxygens (including phenoxy) is 1. The summed E-state index contributed by atoms with van der Waals surface area (Å²) in [4.78, 5) is 29.6. The van der Waals surface area contributed by atoms with Crippen molar-refractivity contribution in [1.29, 1.82) is 0 Å².